The van der Waals surface area contributed by atoms with Crippen LogP contribution in [0.15, 0.2) is 97.8 Å². The van der Waals surface area contributed by atoms with Gasteiger partial charge in [-0.3, -0.25) is 14.6 Å². The van der Waals surface area contributed by atoms with Crippen molar-refractivity contribution in [1.82, 2.24) is 29.7 Å². The van der Waals surface area contributed by atoms with Gasteiger partial charge < -0.3 is 52.1 Å². The van der Waals surface area contributed by atoms with Gasteiger partial charge in [-0.15, -0.1) is 0 Å². The molecule has 5 aromatic heterocycles. The number of hydrogen-bond donors (Lipinski definition) is 0. The van der Waals surface area contributed by atoms with Crippen LogP contribution >= 0.6 is 0 Å². The van der Waals surface area contributed by atoms with Gasteiger partial charge in [0.15, 0.2) is 17.2 Å². The highest BCUT2D eigenvalue weighted by Crippen LogP contribution is 2.25. The molecule has 0 saturated carbocycles. The zero-order valence-electron chi connectivity index (χ0n) is 43.9. The van der Waals surface area contributed by atoms with E-state index in [0.29, 0.717) is 43.8 Å². The van der Waals surface area contributed by atoms with Gasteiger partial charge in [0.05, 0.1) is 65.3 Å². The van der Waals surface area contributed by atoms with Crippen molar-refractivity contribution >= 4 is 10.9 Å². The minimum Gasteiger partial charge on any atom is -0.495 e. The Morgan fingerprint density at radius 1 is 0.423 bits per heavy atom. The minimum absolute atomic E-state index is 0.518. The number of aryl methyl sites for hydroxylation is 4. The monoisotopic (exact) mass is 989 g/mol. The van der Waals surface area contributed by atoms with E-state index in [2.05, 4.69) is 67.0 Å². The van der Waals surface area contributed by atoms with Gasteiger partial charge in [0, 0.05) is 130 Å². The molecule has 17 heteroatoms. The summed E-state index contributed by atoms with van der Waals surface area (Å²) in [5.41, 5.74) is 4.71. The molecule has 0 spiro atoms. The van der Waals surface area contributed by atoms with Crippen molar-refractivity contribution in [3.63, 3.8) is 0 Å². The molecule has 0 unspecified atom stereocenters. The molecule has 0 bridgehead atoms. The average molecular weight is 989 g/mol. The number of aromatic nitrogens is 6. The summed E-state index contributed by atoms with van der Waals surface area (Å²) < 4.78 is 58.3. The largest absolute Gasteiger partial charge is 0.495 e. The quantitative estimate of drug-likeness (QED) is 0.0425. The van der Waals surface area contributed by atoms with Crippen molar-refractivity contribution in [2.45, 2.75) is 71.3 Å². The molecule has 0 amide bonds. The predicted octanol–water partition coefficient (Wildman–Crippen LogP) is 9.51. The summed E-state index contributed by atoms with van der Waals surface area (Å²) in [7, 11) is 15.0. The van der Waals surface area contributed by atoms with E-state index < -0.39 is 0 Å². The van der Waals surface area contributed by atoms with Crippen LogP contribution in [0.1, 0.15) is 61.8 Å². The Hall–Kier alpha value is -6.11. The van der Waals surface area contributed by atoms with Crippen molar-refractivity contribution < 1.29 is 52.1 Å². The van der Waals surface area contributed by atoms with E-state index in [0.717, 1.165) is 107 Å². The maximum Gasteiger partial charge on any atom is 0.256 e. The Bertz CT molecular complexity index is 1990. The molecule has 0 aliphatic rings. The van der Waals surface area contributed by atoms with E-state index in [9.17, 15) is 0 Å². The lowest BCUT2D eigenvalue weighted by atomic mass is 10.1. The SMILES string of the molecule is COCCCCc1cccnc1OC.COCCCCc1ccncc1OC.COCCCOc1cccnc1OC.COCCCOc1ccncc1OC.COCCCn1nc(C)c2ccccc21. The molecule has 0 aliphatic heterocycles. The average Bonchev–Trinajstić information content (AvgIpc) is 3.74. The third-order valence-corrected chi connectivity index (χ3v) is 10.2. The van der Waals surface area contributed by atoms with Crippen LogP contribution in [-0.4, -0.2) is 140 Å². The van der Waals surface area contributed by atoms with Crippen LogP contribution < -0.4 is 28.4 Å². The van der Waals surface area contributed by atoms with E-state index in [-0.39, 0.29) is 0 Å². The number of unbranched alkanes of at least 4 members (excludes halogenated alkanes) is 2. The first kappa shape index (κ1) is 61.0. The third-order valence-electron chi connectivity index (χ3n) is 10.2. The topological polar surface area (TPSA) is 171 Å². The first-order valence-electron chi connectivity index (χ1n) is 23.9. The van der Waals surface area contributed by atoms with Crippen molar-refractivity contribution in [3.05, 3.63) is 115 Å². The molecule has 0 radical (unpaired) electrons. The summed E-state index contributed by atoms with van der Waals surface area (Å²) >= 11 is 0. The van der Waals surface area contributed by atoms with E-state index in [1.54, 1.807) is 107 Å². The van der Waals surface area contributed by atoms with Gasteiger partial charge in [0.1, 0.15) is 5.75 Å². The summed E-state index contributed by atoms with van der Waals surface area (Å²) in [6.45, 7) is 8.03. The van der Waals surface area contributed by atoms with Crippen LogP contribution in [0.3, 0.4) is 0 Å². The van der Waals surface area contributed by atoms with Crippen LogP contribution in [0.5, 0.6) is 34.8 Å². The number of hydrogen-bond acceptors (Lipinski definition) is 16. The standard InChI is InChI=1S/C12H16N2O.2C11H17NO2.2C10H15NO3/c1-10-11-6-3-4-7-12(11)14(13-10)8-5-9-15-2;1-13-9-4-3-6-10-7-5-8-12-11(10)14-2;1-13-8-4-3-5-10-6-7-12-9-11(10)14-2;1-12-6-3-7-14-9-4-5-11-8-10(9)13-2;1-12-7-4-8-14-9-5-3-6-11-10(9)13-2/h3-4,6-7H,5,8-9H2,1-2H3;5,7-8H,3-4,6,9H2,1-2H3;6-7,9H,3-5,8H2,1-2H3;4-5,8H,3,6-7H2,1-2H3;3,5-6H,4,7-8H2,1-2H3. The third kappa shape index (κ3) is 25.5. The second-order valence-corrected chi connectivity index (χ2v) is 15.4. The number of fused-ring (bicyclic) bond motifs is 1. The van der Waals surface area contributed by atoms with E-state index >= 15 is 0 Å². The molecule has 1 aromatic carbocycles. The molecule has 392 valence electrons. The molecule has 0 atom stereocenters. The summed E-state index contributed by atoms with van der Waals surface area (Å²) in [4.78, 5) is 16.1. The summed E-state index contributed by atoms with van der Waals surface area (Å²) in [6.07, 6.45) is 19.4. The summed E-state index contributed by atoms with van der Waals surface area (Å²) in [6, 6.07) is 19.8. The van der Waals surface area contributed by atoms with Gasteiger partial charge in [-0.1, -0.05) is 24.3 Å². The number of para-hydroxylation sites is 1. The lowest BCUT2D eigenvalue weighted by Gasteiger charge is -2.08. The predicted molar refractivity (Wildman–Crippen MR) is 278 cm³/mol. The molecule has 6 aromatic rings. The summed E-state index contributed by atoms with van der Waals surface area (Å²) in [5, 5.41) is 5.77. The molecular weight excluding hydrogens is 909 g/mol. The molecule has 6 rings (SSSR count). The van der Waals surface area contributed by atoms with Crippen LogP contribution in [-0.2, 0) is 43.1 Å². The number of pyridine rings is 4. The maximum atomic E-state index is 5.49. The zero-order chi connectivity index (χ0) is 51.6. The maximum absolute atomic E-state index is 5.49. The van der Waals surface area contributed by atoms with E-state index in [4.69, 9.17) is 52.1 Å². The second-order valence-electron chi connectivity index (χ2n) is 15.4. The molecule has 0 saturated heterocycles. The van der Waals surface area contributed by atoms with Crippen LogP contribution in [0.2, 0.25) is 0 Å². The van der Waals surface area contributed by atoms with Gasteiger partial charge in [0.25, 0.3) is 5.88 Å². The van der Waals surface area contributed by atoms with Crippen molar-refractivity contribution in [1.29, 1.82) is 0 Å². The highest BCUT2D eigenvalue weighted by Gasteiger charge is 2.07. The lowest BCUT2D eigenvalue weighted by Crippen LogP contribution is -2.03. The fraction of sp³-hybridized carbons (Fsp3) is 0.500. The number of nitrogens with zero attached hydrogens (tertiary/aromatic N) is 6. The highest BCUT2D eigenvalue weighted by molar-refractivity contribution is 5.81. The Morgan fingerprint density at radius 2 is 0.958 bits per heavy atom. The first-order chi connectivity index (χ1) is 34.8. The fourth-order valence-corrected chi connectivity index (χ4v) is 6.59. The minimum atomic E-state index is 0.518. The molecule has 0 fully saturated rings. The Kier molecular flexibility index (Phi) is 34.9. The van der Waals surface area contributed by atoms with Gasteiger partial charge >= 0.3 is 0 Å². The van der Waals surface area contributed by atoms with Gasteiger partial charge in [-0.2, -0.15) is 5.10 Å². The Balaban J connectivity index is 0.000000304. The fourth-order valence-electron chi connectivity index (χ4n) is 6.59. The van der Waals surface area contributed by atoms with Crippen molar-refractivity contribution in [3.8, 4) is 34.8 Å². The number of rotatable bonds is 28. The van der Waals surface area contributed by atoms with Crippen LogP contribution in [0, 0.1) is 6.92 Å². The number of benzene rings is 1. The molecule has 71 heavy (non-hydrogen) atoms. The Labute approximate surface area is 422 Å². The molecule has 0 N–H and O–H groups in total. The Morgan fingerprint density at radius 3 is 1.58 bits per heavy atom. The summed E-state index contributed by atoms with van der Waals surface area (Å²) in [5.74, 6) is 4.19. The smallest absolute Gasteiger partial charge is 0.256 e. The lowest BCUT2D eigenvalue weighted by molar-refractivity contribution is 0.170. The number of methoxy groups -OCH3 is 9. The molecular formula is C54H80N6O11. The van der Waals surface area contributed by atoms with E-state index in [1.807, 2.05) is 24.3 Å². The van der Waals surface area contributed by atoms with Crippen LogP contribution in [0.25, 0.3) is 10.9 Å². The molecule has 17 nitrogen and oxygen atoms in total. The second kappa shape index (κ2) is 40.6. The number of ether oxygens (including phenoxy) is 11. The first-order valence-corrected chi connectivity index (χ1v) is 23.9. The molecule has 5 heterocycles. The van der Waals surface area contributed by atoms with Gasteiger partial charge in [-0.05, 0) is 87.8 Å². The molecule has 0 aliphatic carbocycles. The van der Waals surface area contributed by atoms with Crippen molar-refractivity contribution in [2.24, 2.45) is 0 Å². The van der Waals surface area contributed by atoms with Crippen molar-refractivity contribution in [2.75, 3.05) is 110 Å². The highest BCUT2D eigenvalue weighted by atomic mass is 16.5. The van der Waals surface area contributed by atoms with E-state index in [1.165, 1.54) is 22.0 Å². The van der Waals surface area contributed by atoms with Crippen LogP contribution in [0.4, 0.5) is 0 Å². The normalized spacial score (nSPS) is 10.2. The zero-order valence-corrected chi connectivity index (χ0v) is 43.9. The van der Waals surface area contributed by atoms with Gasteiger partial charge in [-0.25, -0.2) is 9.97 Å². The van der Waals surface area contributed by atoms with Gasteiger partial charge in [0.2, 0.25) is 5.88 Å².